The maximum absolute atomic E-state index is 13.5. The molecule has 0 bridgehead atoms. The van der Waals surface area contributed by atoms with E-state index in [1.165, 1.54) is 0 Å². The van der Waals surface area contributed by atoms with Crippen LogP contribution in [0.1, 0.15) is 15.9 Å². The van der Waals surface area contributed by atoms with Crippen molar-refractivity contribution in [3.05, 3.63) is 65.2 Å². The molecule has 0 aliphatic heterocycles. The summed E-state index contributed by atoms with van der Waals surface area (Å²) in [6.45, 7) is -0.121. The Labute approximate surface area is 126 Å². The Hall–Kier alpha value is -2.47. The number of aliphatic hydroxyl groups is 1. The summed E-state index contributed by atoms with van der Waals surface area (Å²) in [4.78, 5) is 11.8. The number of rotatable bonds is 5. The zero-order valence-electron chi connectivity index (χ0n) is 11.6. The maximum atomic E-state index is 13.5. The number of aliphatic hydroxyl groups excluding tert-OH is 1. The molecule has 0 saturated heterocycles. The van der Waals surface area contributed by atoms with Gasteiger partial charge in [-0.05, 0) is 5.56 Å². The molecule has 0 aliphatic carbocycles. The summed E-state index contributed by atoms with van der Waals surface area (Å²) in [5.74, 6) is -3.84. The van der Waals surface area contributed by atoms with Crippen molar-refractivity contribution in [3.8, 4) is 5.75 Å². The molecule has 2 rings (SSSR count). The van der Waals surface area contributed by atoms with Crippen LogP contribution in [-0.4, -0.2) is 28.8 Å². The number of carbonyl (C=O) groups excluding carboxylic acids is 1. The molecule has 22 heavy (non-hydrogen) atoms. The van der Waals surface area contributed by atoms with Crippen LogP contribution in [-0.2, 0) is 6.42 Å². The van der Waals surface area contributed by atoms with Gasteiger partial charge in [0.05, 0.1) is 6.10 Å². The number of phenols is 1. The summed E-state index contributed by atoms with van der Waals surface area (Å²) in [6, 6.07) is 10.3. The number of nitrogens with one attached hydrogen (secondary N) is 1. The van der Waals surface area contributed by atoms with Gasteiger partial charge in [0.15, 0.2) is 0 Å². The monoisotopic (exact) mass is 307 g/mol. The third-order valence-corrected chi connectivity index (χ3v) is 3.07. The molecule has 0 aromatic heterocycles. The van der Waals surface area contributed by atoms with Crippen LogP contribution in [0.4, 0.5) is 8.78 Å². The fourth-order valence-corrected chi connectivity index (χ4v) is 2.04. The van der Waals surface area contributed by atoms with Crippen molar-refractivity contribution >= 4 is 5.91 Å². The molecule has 1 unspecified atom stereocenters. The third kappa shape index (κ3) is 4.02. The zero-order chi connectivity index (χ0) is 16.1. The first-order valence-electron chi connectivity index (χ1n) is 6.65. The zero-order valence-corrected chi connectivity index (χ0v) is 11.6. The predicted molar refractivity (Wildman–Crippen MR) is 76.5 cm³/mol. The number of carbonyl (C=O) groups is 1. The number of hydrogen-bond donors (Lipinski definition) is 3. The largest absolute Gasteiger partial charge is 0.507 e. The fraction of sp³-hybridized carbons (Fsp3) is 0.188. The molecule has 2 aromatic carbocycles. The molecule has 116 valence electrons. The summed E-state index contributed by atoms with van der Waals surface area (Å²) in [5.41, 5.74) is 0.244. The molecule has 0 aliphatic rings. The van der Waals surface area contributed by atoms with Gasteiger partial charge in [0.1, 0.15) is 22.9 Å². The van der Waals surface area contributed by atoms with Crippen LogP contribution in [0.15, 0.2) is 42.5 Å². The topological polar surface area (TPSA) is 69.6 Å². The molecule has 3 N–H and O–H groups in total. The molecular weight excluding hydrogens is 292 g/mol. The second kappa shape index (κ2) is 7.00. The van der Waals surface area contributed by atoms with E-state index in [9.17, 15) is 23.8 Å². The van der Waals surface area contributed by atoms with Crippen LogP contribution >= 0.6 is 0 Å². The molecule has 0 heterocycles. The quantitative estimate of drug-likeness (QED) is 0.791. The smallest absolute Gasteiger partial charge is 0.258 e. The van der Waals surface area contributed by atoms with Gasteiger partial charge in [-0.25, -0.2) is 8.78 Å². The average molecular weight is 307 g/mol. The van der Waals surface area contributed by atoms with Gasteiger partial charge in [-0.1, -0.05) is 30.3 Å². The molecule has 0 radical (unpaired) electrons. The number of amides is 1. The van der Waals surface area contributed by atoms with Crippen LogP contribution in [0.5, 0.6) is 5.75 Å². The standard InChI is InChI=1S/C16H15F2NO3/c17-11-7-13(18)15(14(21)8-11)16(22)19-9-12(20)6-10-4-2-1-3-5-10/h1-5,7-8,12,20-21H,6,9H2,(H,19,22). The highest BCUT2D eigenvalue weighted by molar-refractivity contribution is 5.97. The number of benzene rings is 2. The minimum Gasteiger partial charge on any atom is -0.507 e. The second-order valence-electron chi connectivity index (χ2n) is 4.84. The Balaban J connectivity index is 1.95. The first-order chi connectivity index (χ1) is 10.5. The van der Waals surface area contributed by atoms with Crippen molar-refractivity contribution in [3.63, 3.8) is 0 Å². The van der Waals surface area contributed by atoms with Crippen LogP contribution in [0.3, 0.4) is 0 Å². The van der Waals surface area contributed by atoms with E-state index in [0.29, 0.717) is 18.6 Å². The predicted octanol–water partition coefficient (Wildman–Crippen LogP) is 2.00. The second-order valence-corrected chi connectivity index (χ2v) is 4.84. The number of aromatic hydroxyl groups is 1. The molecule has 4 nitrogen and oxygen atoms in total. The van der Waals surface area contributed by atoms with E-state index in [2.05, 4.69) is 5.32 Å². The van der Waals surface area contributed by atoms with Gasteiger partial charge in [-0.3, -0.25) is 4.79 Å². The van der Waals surface area contributed by atoms with Crippen LogP contribution in [0.25, 0.3) is 0 Å². The summed E-state index contributed by atoms with van der Waals surface area (Å²) >= 11 is 0. The highest BCUT2D eigenvalue weighted by Gasteiger charge is 2.19. The highest BCUT2D eigenvalue weighted by Crippen LogP contribution is 2.21. The minimum absolute atomic E-state index is 0.121. The van der Waals surface area contributed by atoms with Crippen LogP contribution in [0, 0.1) is 11.6 Å². The normalized spacial score (nSPS) is 12.0. The SMILES string of the molecule is O=C(NCC(O)Cc1ccccc1)c1c(O)cc(F)cc1F. The van der Waals surface area contributed by atoms with E-state index in [1.54, 1.807) is 0 Å². The van der Waals surface area contributed by atoms with Crippen molar-refractivity contribution in [2.24, 2.45) is 0 Å². The first-order valence-corrected chi connectivity index (χ1v) is 6.65. The van der Waals surface area contributed by atoms with Gasteiger partial charge >= 0.3 is 0 Å². The Kier molecular flexibility index (Phi) is 5.06. The first kappa shape index (κ1) is 15.9. The fourth-order valence-electron chi connectivity index (χ4n) is 2.04. The van der Waals surface area contributed by atoms with Crippen molar-refractivity contribution < 1.29 is 23.8 Å². The Morgan fingerprint density at radius 1 is 1.18 bits per heavy atom. The minimum atomic E-state index is -1.16. The van der Waals surface area contributed by atoms with E-state index in [4.69, 9.17) is 0 Å². The highest BCUT2D eigenvalue weighted by atomic mass is 19.1. The van der Waals surface area contributed by atoms with E-state index in [1.807, 2.05) is 30.3 Å². The van der Waals surface area contributed by atoms with Crippen LogP contribution in [0.2, 0.25) is 0 Å². The van der Waals surface area contributed by atoms with Gasteiger partial charge < -0.3 is 15.5 Å². The van der Waals surface area contributed by atoms with Gasteiger partial charge in [0.2, 0.25) is 0 Å². The van der Waals surface area contributed by atoms with E-state index in [0.717, 1.165) is 5.56 Å². The Morgan fingerprint density at radius 3 is 2.50 bits per heavy atom. The van der Waals surface area contributed by atoms with Crippen LogP contribution < -0.4 is 5.32 Å². The molecule has 0 saturated carbocycles. The molecule has 1 amide bonds. The number of phenolic OH excluding ortho intramolecular Hbond substituents is 1. The molecular formula is C16H15F2NO3. The lowest BCUT2D eigenvalue weighted by molar-refractivity contribution is 0.0909. The molecule has 0 spiro atoms. The molecule has 1 atom stereocenters. The number of halogens is 2. The summed E-state index contributed by atoms with van der Waals surface area (Å²) < 4.78 is 26.4. The molecule has 6 heteroatoms. The maximum Gasteiger partial charge on any atom is 0.258 e. The van der Waals surface area contributed by atoms with Crippen molar-refractivity contribution in [1.29, 1.82) is 0 Å². The third-order valence-electron chi connectivity index (χ3n) is 3.07. The van der Waals surface area contributed by atoms with Crippen molar-refractivity contribution in [1.82, 2.24) is 5.32 Å². The average Bonchev–Trinajstić information content (AvgIpc) is 2.45. The van der Waals surface area contributed by atoms with Crippen molar-refractivity contribution in [2.75, 3.05) is 6.54 Å². The van der Waals surface area contributed by atoms with Gasteiger partial charge in [-0.2, -0.15) is 0 Å². The Morgan fingerprint density at radius 2 is 1.86 bits per heavy atom. The van der Waals surface area contributed by atoms with Gasteiger partial charge in [0, 0.05) is 25.1 Å². The molecule has 2 aromatic rings. The number of hydrogen-bond acceptors (Lipinski definition) is 3. The van der Waals surface area contributed by atoms with Crippen molar-refractivity contribution in [2.45, 2.75) is 12.5 Å². The summed E-state index contributed by atoms with van der Waals surface area (Å²) in [7, 11) is 0. The Bertz CT molecular complexity index is 639. The van der Waals surface area contributed by atoms with Gasteiger partial charge in [-0.15, -0.1) is 0 Å². The lowest BCUT2D eigenvalue weighted by atomic mass is 10.1. The van der Waals surface area contributed by atoms with Gasteiger partial charge in [0.25, 0.3) is 5.91 Å². The van der Waals surface area contributed by atoms with E-state index < -0.39 is 35.0 Å². The molecule has 0 fully saturated rings. The lowest BCUT2D eigenvalue weighted by Crippen LogP contribution is -2.33. The summed E-state index contributed by atoms with van der Waals surface area (Å²) in [6.07, 6.45) is -0.545. The van der Waals surface area contributed by atoms with E-state index in [-0.39, 0.29) is 6.54 Å². The van der Waals surface area contributed by atoms with E-state index >= 15 is 0 Å². The lowest BCUT2D eigenvalue weighted by Gasteiger charge is -2.13. The summed E-state index contributed by atoms with van der Waals surface area (Å²) in [5, 5.41) is 21.6.